The SMILES string of the molecule is CCC(CC)NCC(C)n1cnc2ccccc2c1=O. The molecule has 1 N–H and O–H groups in total. The standard InChI is InChI=1S/C16H23N3O/c1-4-13(5-2)17-10-12(3)19-11-18-15-9-7-6-8-14(15)16(19)20/h6-9,11-13,17H,4-5,10H2,1-3H3. The Morgan fingerprint density at radius 1 is 1.25 bits per heavy atom. The van der Waals surface area contributed by atoms with Crippen molar-refractivity contribution in [1.82, 2.24) is 14.9 Å². The lowest BCUT2D eigenvalue weighted by Gasteiger charge is -2.20. The van der Waals surface area contributed by atoms with Crippen LogP contribution in [-0.4, -0.2) is 22.1 Å². The fourth-order valence-electron chi connectivity index (χ4n) is 2.41. The van der Waals surface area contributed by atoms with Crippen LogP contribution in [0.2, 0.25) is 0 Å². The van der Waals surface area contributed by atoms with Crippen LogP contribution in [0.5, 0.6) is 0 Å². The quantitative estimate of drug-likeness (QED) is 0.880. The van der Waals surface area contributed by atoms with Gasteiger partial charge in [0.25, 0.3) is 5.56 Å². The molecule has 0 aliphatic carbocycles. The molecule has 0 spiro atoms. The first-order chi connectivity index (χ1) is 9.67. The summed E-state index contributed by atoms with van der Waals surface area (Å²) in [5.74, 6) is 0. The van der Waals surface area contributed by atoms with Crippen LogP contribution in [0.15, 0.2) is 35.4 Å². The Labute approximate surface area is 119 Å². The summed E-state index contributed by atoms with van der Waals surface area (Å²) in [6.07, 6.45) is 3.87. The van der Waals surface area contributed by atoms with E-state index in [9.17, 15) is 4.79 Å². The molecular weight excluding hydrogens is 250 g/mol. The molecule has 0 saturated carbocycles. The van der Waals surface area contributed by atoms with Gasteiger partial charge in [0.2, 0.25) is 0 Å². The molecule has 1 unspecified atom stereocenters. The number of para-hydroxylation sites is 1. The molecule has 2 aromatic rings. The Hall–Kier alpha value is -1.68. The van der Waals surface area contributed by atoms with Gasteiger partial charge in [-0.1, -0.05) is 26.0 Å². The van der Waals surface area contributed by atoms with Gasteiger partial charge in [0.1, 0.15) is 0 Å². The van der Waals surface area contributed by atoms with Crippen molar-refractivity contribution < 1.29 is 0 Å². The number of aromatic nitrogens is 2. The largest absolute Gasteiger partial charge is 0.312 e. The summed E-state index contributed by atoms with van der Waals surface area (Å²) >= 11 is 0. The van der Waals surface area contributed by atoms with Crippen molar-refractivity contribution in [3.8, 4) is 0 Å². The first-order valence-corrected chi connectivity index (χ1v) is 7.36. The van der Waals surface area contributed by atoms with Gasteiger partial charge in [-0.25, -0.2) is 4.98 Å². The Balaban J connectivity index is 2.20. The third-order valence-electron chi connectivity index (χ3n) is 3.85. The average Bonchev–Trinajstić information content (AvgIpc) is 2.48. The molecule has 0 aliphatic heterocycles. The Morgan fingerprint density at radius 3 is 2.65 bits per heavy atom. The number of nitrogens with one attached hydrogen (secondary N) is 1. The van der Waals surface area contributed by atoms with Gasteiger partial charge in [-0.3, -0.25) is 9.36 Å². The van der Waals surface area contributed by atoms with Crippen LogP contribution in [-0.2, 0) is 0 Å². The second-order valence-electron chi connectivity index (χ2n) is 5.24. The lowest BCUT2D eigenvalue weighted by atomic mass is 10.1. The van der Waals surface area contributed by atoms with E-state index in [4.69, 9.17) is 0 Å². The van der Waals surface area contributed by atoms with Crippen molar-refractivity contribution in [3.05, 3.63) is 40.9 Å². The lowest BCUT2D eigenvalue weighted by Crippen LogP contribution is -2.35. The van der Waals surface area contributed by atoms with Crippen LogP contribution in [0.3, 0.4) is 0 Å². The van der Waals surface area contributed by atoms with Crippen LogP contribution in [0.4, 0.5) is 0 Å². The zero-order valence-electron chi connectivity index (χ0n) is 12.5. The Morgan fingerprint density at radius 2 is 1.95 bits per heavy atom. The van der Waals surface area contributed by atoms with E-state index in [1.54, 1.807) is 10.9 Å². The maximum atomic E-state index is 12.4. The van der Waals surface area contributed by atoms with E-state index in [0.717, 1.165) is 24.9 Å². The number of fused-ring (bicyclic) bond motifs is 1. The molecule has 1 aromatic carbocycles. The van der Waals surface area contributed by atoms with Gasteiger partial charge in [0, 0.05) is 18.6 Å². The summed E-state index contributed by atoms with van der Waals surface area (Å²) in [6, 6.07) is 8.10. The summed E-state index contributed by atoms with van der Waals surface area (Å²) in [4.78, 5) is 16.8. The number of benzene rings is 1. The molecule has 0 aliphatic rings. The molecule has 1 atom stereocenters. The molecule has 0 radical (unpaired) electrons. The molecule has 0 amide bonds. The van der Waals surface area contributed by atoms with Crippen molar-refractivity contribution >= 4 is 10.9 Å². The maximum Gasteiger partial charge on any atom is 0.261 e. The van der Waals surface area contributed by atoms with Gasteiger partial charge in [-0.15, -0.1) is 0 Å². The topological polar surface area (TPSA) is 46.9 Å². The summed E-state index contributed by atoms with van der Waals surface area (Å²) in [6.45, 7) is 7.19. The molecule has 0 saturated heterocycles. The van der Waals surface area contributed by atoms with Crippen LogP contribution in [0, 0.1) is 0 Å². The van der Waals surface area contributed by atoms with Crippen LogP contribution < -0.4 is 10.9 Å². The highest BCUT2D eigenvalue weighted by molar-refractivity contribution is 5.76. The van der Waals surface area contributed by atoms with E-state index in [-0.39, 0.29) is 11.6 Å². The highest BCUT2D eigenvalue weighted by Crippen LogP contribution is 2.08. The van der Waals surface area contributed by atoms with Crippen molar-refractivity contribution in [2.45, 2.75) is 45.7 Å². The first kappa shape index (κ1) is 14.7. The lowest BCUT2D eigenvalue weighted by molar-refractivity contribution is 0.414. The van der Waals surface area contributed by atoms with Gasteiger partial charge in [0.05, 0.1) is 17.2 Å². The molecule has 2 rings (SSSR count). The second kappa shape index (κ2) is 6.66. The van der Waals surface area contributed by atoms with E-state index >= 15 is 0 Å². The molecule has 0 bridgehead atoms. The number of rotatable bonds is 6. The molecule has 1 aromatic heterocycles. The van der Waals surface area contributed by atoms with Gasteiger partial charge in [-0.2, -0.15) is 0 Å². The Bertz CT molecular complexity index is 616. The van der Waals surface area contributed by atoms with Gasteiger partial charge in [0.15, 0.2) is 0 Å². The fraction of sp³-hybridized carbons (Fsp3) is 0.500. The number of hydrogen-bond donors (Lipinski definition) is 1. The zero-order valence-corrected chi connectivity index (χ0v) is 12.5. The van der Waals surface area contributed by atoms with Crippen LogP contribution in [0.25, 0.3) is 10.9 Å². The molecule has 4 nitrogen and oxygen atoms in total. The molecule has 108 valence electrons. The van der Waals surface area contributed by atoms with E-state index < -0.39 is 0 Å². The molecule has 4 heteroatoms. The van der Waals surface area contributed by atoms with Gasteiger partial charge < -0.3 is 5.32 Å². The molecule has 0 fully saturated rings. The highest BCUT2D eigenvalue weighted by Gasteiger charge is 2.11. The van der Waals surface area contributed by atoms with Crippen molar-refractivity contribution in [2.24, 2.45) is 0 Å². The minimum atomic E-state index is 0.0365. The summed E-state index contributed by atoms with van der Waals surface area (Å²) in [5, 5.41) is 4.19. The summed E-state index contributed by atoms with van der Waals surface area (Å²) in [5.41, 5.74) is 0.795. The van der Waals surface area contributed by atoms with E-state index in [1.165, 1.54) is 0 Å². The molecule has 20 heavy (non-hydrogen) atoms. The van der Waals surface area contributed by atoms with Gasteiger partial charge in [-0.05, 0) is 31.9 Å². The minimum Gasteiger partial charge on any atom is -0.312 e. The third kappa shape index (κ3) is 3.07. The maximum absolute atomic E-state index is 12.4. The minimum absolute atomic E-state index is 0.0365. The summed E-state index contributed by atoms with van der Waals surface area (Å²) < 4.78 is 1.72. The number of hydrogen-bond acceptors (Lipinski definition) is 3. The van der Waals surface area contributed by atoms with E-state index in [2.05, 4.69) is 24.1 Å². The second-order valence-corrected chi connectivity index (χ2v) is 5.24. The van der Waals surface area contributed by atoms with Gasteiger partial charge >= 0.3 is 0 Å². The fourth-order valence-corrected chi connectivity index (χ4v) is 2.41. The van der Waals surface area contributed by atoms with Crippen LogP contribution in [0.1, 0.15) is 39.7 Å². The smallest absolute Gasteiger partial charge is 0.261 e. The zero-order chi connectivity index (χ0) is 14.5. The van der Waals surface area contributed by atoms with Crippen molar-refractivity contribution in [1.29, 1.82) is 0 Å². The first-order valence-electron chi connectivity index (χ1n) is 7.36. The summed E-state index contributed by atoms with van der Waals surface area (Å²) in [7, 11) is 0. The Kier molecular flexibility index (Phi) is 4.90. The van der Waals surface area contributed by atoms with Crippen molar-refractivity contribution in [3.63, 3.8) is 0 Å². The predicted molar refractivity (Wildman–Crippen MR) is 83.1 cm³/mol. The average molecular weight is 273 g/mol. The molecule has 1 heterocycles. The van der Waals surface area contributed by atoms with E-state index in [1.807, 2.05) is 31.2 Å². The van der Waals surface area contributed by atoms with Crippen LogP contribution >= 0.6 is 0 Å². The van der Waals surface area contributed by atoms with E-state index in [0.29, 0.717) is 11.4 Å². The highest BCUT2D eigenvalue weighted by atomic mass is 16.1. The normalized spacial score (nSPS) is 13.0. The predicted octanol–water partition coefficient (Wildman–Crippen LogP) is 2.74. The monoisotopic (exact) mass is 273 g/mol. The number of nitrogens with zero attached hydrogens (tertiary/aromatic N) is 2. The third-order valence-corrected chi connectivity index (χ3v) is 3.85. The molecular formula is C16H23N3O. The van der Waals surface area contributed by atoms with Crippen molar-refractivity contribution in [2.75, 3.05) is 6.54 Å².